The second-order valence-corrected chi connectivity index (χ2v) is 10.1. The summed E-state index contributed by atoms with van der Waals surface area (Å²) in [6, 6.07) is 17.8. The van der Waals surface area contributed by atoms with Gasteiger partial charge in [-0.15, -0.1) is 22.7 Å². The molecule has 4 aromatic rings. The number of hydrogen-bond donors (Lipinski definition) is 3. The highest BCUT2D eigenvalue weighted by atomic mass is 32.1. The van der Waals surface area contributed by atoms with E-state index in [-0.39, 0.29) is 17.3 Å². The highest BCUT2D eigenvalue weighted by Crippen LogP contribution is 2.33. The molecule has 2 aromatic heterocycles. The molecule has 4 rings (SSSR count). The SMILES string of the molecule is CC.CC.CC(=O)c1sc(Nc2ccccc2N)cc1C.CC(=O)c1sc(Nc2ccccc2[N+](=O)[O-])cc1C. The van der Waals surface area contributed by atoms with E-state index in [0.29, 0.717) is 16.3 Å². The Morgan fingerprint density at radius 2 is 1.15 bits per heavy atom. The fraction of sp³-hybridized carbons (Fsp3) is 0.267. The van der Waals surface area contributed by atoms with Gasteiger partial charge in [-0.05, 0) is 69.2 Å². The number of nitro groups is 1. The third-order valence-electron chi connectivity index (χ3n) is 5.05. The van der Waals surface area contributed by atoms with Gasteiger partial charge in [-0.25, -0.2) is 0 Å². The van der Waals surface area contributed by atoms with Gasteiger partial charge in [-0.2, -0.15) is 0 Å². The molecule has 214 valence electrons. The zero-order valence-electron chi connectivity index (χ0n) is 24.2. The summed E-state index contributed by atoms with van der Waals surface area (Å²) in [6.45, 7) is 14.9. The smallest absolute Gasteiger partial charge is 0.292 e. The van der Waals surface area contributed by atoms with Gasteiger partial charge < -0.3 is 16.4 Å². The Bertz CT molecular complexity index is 1430. The fourth-order valence-corrected chi connectivity index (χ4v) is 5.36. The van der Waals surface area contributed by atoms with Gasteiger partial charge in [0.25, 0.3) is 5.69 Å². The summed E-state index contributed by atoms with van der Waals surface area (Å²) in [7, 11) is 0. The van der Waals surface area contributed by atoms with Crippen LogP contribution >= 0.6 is 22.7 Å². The van der Waals surface area contributed by atoms with Crippen LogP contribution in [0.4, 0.5) is 32.8 Å². The van der Waals surface area contributed by atoms with Crippen molar-refractivity contribution in [1.29, 1.82) is 0 Å². The third-order valence-corrected chi connectivity index (χ3v) is 7.56. The monoisotopic (exact) mass is 582 g/mol. The number of carbonyl (C=O) groups excluding carboxylic acids is 2. The molecule has 2 aromatic carbocycles. The van der Waals surface area contributed by atoms with Crippen LogP contribution < -0.4 is 16.4 Å². The predicted molar refractivity (Wildman–Crippen MR) is 171 cm³/mol. The highest BCUT2D eigenvalue weighted by Gasteiger charge is 2.15. The van der Waals surface area contributed by atoms with Crippen LogP contribution in [0.2, 0.25) is 0 Å². The lowest BCUT2D eigenvalue weighted by Crippen LogP contribution is -1.95. The first-order chi connectivity index (χ1) is 19.1. The number of nitrogens with one attached hydrogen (secondary N) is 2. The van der Waals surface area contributed by atoms with Gasteiger partial charge in [-0.1, -0.05) is 52.0 Å². The molecule has 40 heavy (non-hydrogen) atoms. The van der Waals surface area contributed by atoms with E-state index in [2.05, 4.69) is 10.6 Å². The fourth-order valence-electron chi connectivity index (χ4n) is 3.40. The molecule has 0 fully saturated rings. The van der Waals surface area contributed by atoms with E-state index >= 15 is 0 Å². The van der Waals surface area contributed by atoms with Gasteiger partial charge >= 0.3 is 0 Å². The Balaban J connectivity index is 0.000000358. The minimum atomic E-state index is -0.436. The summed E-state index contributed by atoms with van der Waals surface area (Å²) in [5.41, 5.74) is 9.72. The minimum Gasteiger partial charge on any atom is -0.397 e. The molecule has 4 N–H and O–H groups in total. The van der Waals surface area contributed by atoms with Crippen LogP contribution in [0.3, 0.4) is 0 Å². The van der Waals surface area contributed by atoms with Gasteiger partial charge in [0.2, 0.25) is 0 Å². The summed E-state index contributed by atoms with van der Waals surface area (Å²) in [5.74, 6) is 0.0969. The Morgan fingerprint density at radius 1 is 0.750 bits per heavy atom. The van der Waals surface area contributed by atoms with Gasteiger partial charge in [0.1, 0.15) is 5.69 Å². The lowest BCUT2D eigenvalue weighted by molar-refractivity contribution is -0.383. The maximum absolute atomic E-state index is 11.4. The maximum Gasteiger partial charge on any atom is 0.292 e. The molecule has 0 aliphatic heterocycles. The first kappa shape index (κ1) is 34.0. The number of hydrogen-bond acceptors (Lipinski definition) is 9. The number of ketones is 2. The summed E-state index contributed by atoms with van der Waals surface area (Å²) in [4.78, 5) is 34.7. The average Bonchev–Trinajstić information content (AvgIpc) is 3.50. The van der Waals surface area contributed by atoms with Crippen LogP contribution in [0.5, 0.6) is 0 Å². The quantitative estimate of drug-likeness (QED) is 0.0856. The molecule has 10 heteroatoms. The van der Waals surface area contributed by atoms with Crippen LogP contribution in [-0.4, -0.2) is 16.5 Å². The predicted octanol–water partition coefficient (Wildman–Crippen LogP) is 9.55. The highest BCUT2D eigenvalue weighted by molar-refractivity contribution is 7.18. The topological polar surface area (TPSA) is 127 Å². The molecule has 0 bridgehead atoms. The Morgan fingerprint density at radius 3 is 1.55 bits per heavy atom. The molecule has 0 atom stereocenters. The Kier molecular flexibility index (Phi) is 14.3. The normalized spacial score (nSPS) is 9.50. The van der Waals surface area contributed by atoms with Crippen molar-refractivity contribution >= 4 is 67.0 Å². The first-order valence-electron chi connectivity index (χ1n) is 12.9. The number of Topliss-reactive ketones (excluding diaryl/α,β-unsaturated/α-hetero) is 2. The van der Waals surface area contributed by atoms with Crippen molar-refractivity contribution in [3.05, 3.63) is 91.7 Å². The summed E-state index contributed by atoms with van der Waals surface area (Å²) in [6.07, 6.45) is 0. The second-order valence-electron chi connectivity index (χ2n) is 7.97. The maximum atomic E-state index is 11.4. The summed E-state index contributed by atoms with van der Waals surface area (Å²) in [5, 5.41) is 18.8. The molecule has 0 spiro atoms. The van der Waals surface area contributed by atoms with Gasteiger partial charge in [0, 0.05) is 6.07 Å². The van der Waals surface area contributed by atoms with Crippen LogP contribution in [-0.2, 0) is 0 Å². The molecule has 0 saturated heterocycles. The molecule has 0 aliphatic rings. The van der Waals surface area contributed by atoms with E-state index in [9.17, 15) is 19.7 Å². The lowest BCUT2D eigenvalue weighted by atomic mass is 10.2. The molecule has 0 saturated carbocycles. The zero-order valence-corrected chi connectivity index (χ0v) is 25.9. The molecular formula is C30H38N4O4S2. The molecule has 0 amide bonds. The summed E-state index contributed by atoms with van der Waals surface area (Å²) >= 11 is 2.75. The van der Waals surface area contributed by atoms with Crippen molar-refractivity contribution in [2.75, 3.05) is 16.4 Å². The summed E-state index contributed by atoms with van der Waals surface area (Å²) < 4.78 is 0. The number of aryl methyl sites for hydroxylation is 2. The Labute approximate surface area is 244 Å². The number of thiophene rings is 2. The largest absolute Gasteiger partial charge is 0.397 e. The van der Waals surface area contributed by atoms with E-state index in [1.54, 1.807) is 25.1 Å². The van der Waals surface area contributed by atoms with E-state index in [1.165, 1.54) is 35.7 Å². The Hall–Kier alpha value is -4.02. The number of benzene rings is 2. The molecule has 0 unspecified atom stereocenters. The number of para-hydroxylation sites is 4. The number of nitrogens with zero attached hydrogens (tertiary/aromatic N) is 1. The van der Waals surface area contributed by atoms with Gasteiger partial charge in [0.05, 0.1) is 36.1 Å². The molecule has 2 heterocycles. The van der Waals surface area contributed by atoms with Crippen LogP contribution in [0, 0.1) is 24.0 Å². The number of anilines is 5. The van der Waals surface area contributed by atoms with Gasteiger partial charge in [-0.3, -0.25) is 19.7 Å². The van der Waals surface area contributed by atoms with E-state index < -0.39 is 4.92 Å². The zero-order chi connectivity index (χ0) is 30.4. The van der Waals surface area contributed by atoms with Crippen molar-refractivity contribution in [2.45, 2.75) is 55.4 Å². The standard InChI is InChI=1S/C13H12N2O3S.C13H14N2OS.2C2H6/c1-8-7-12(19-13(8)9(2)16)14-10-5-3-4-6-11(10)15(17)18;1-8-7-12(17-13(8)9(2)16)15-11-6-4-3-5-10(11)14;2*1-2/h3-7,14H,1-2H3;3-7,15H,14H2,1-2H3;2*1-2H3. The molecule has 0 aliphatic carbocycles. The van der Waals surface area contributed by atoms with Crippen molar-refractivity contribution in [3.8, 4) is 0 Å². The van der Waals surface area contributed by atoms with E-state index in [1.807, 2.05) is 77.9 Å². The van der Waals surface area contributed by atoms with Crippen LogP contribution in [0.25, 0.3) is 0 Å². The molecule has 8 nitrogen and oxygen atoms in total. The number of nitrogens with two attached hydrogens (primary N) is 1. The van der Waals surface area contributed by atoms with E-state index in [0.717, 1.165) is 31.7 Å². The van der Waals surface area contributed by atoms with Crippen molar-refractivity contribution in [1.82, 2.24) is 0 Å². The van der Waals surface area contributed by atoms with Crippen molar-refractivity contribution < 1.29 is 14.5 Å². The molecule has 0 radical (unpaired) electrons. The van der Waals surface area contributed by atoms with Crippen molar-refractivity contribution in [2.24, 2.45) is 0 Å². The number of rotatable bonds is 7. The number of carbonyl (C=O) groups is 2. The third kappa shape index (κ3) is 9.62. The number of nitro benzene ring substituents is 1. The molecular weight excluding hydrogens is 544 g/mol. The first-order valence-corrected chi connectivity index (χ1v) is 14.5. The van der Waals surface area contributed by atoms with Crippen molar-refractivity contribution in [3.63, 3.8) is 0 Å². The second kappa shape index (κ2) is 16.8. The minimum absolute atomic E-state index is 0.00175. The lowest BCUT2D eigenvalue weighted by Gasteiger charge is -2.05. The van der Waals surface area contributed by atoms with Gasteiger partial charge in [0.15, 0.2) is 11.6 Å². The average molecular weight is 583 g/mol. The van der Waals surface area contributed by atoms with Crippen LogP contribution in [0.15, 0.2) is 60.7 Å². The number of nitrogen functional groups attached to an aromatic ring is 1. The van der Waals surface area contributed by atoms with Crippen LogP contribution in [0.1, 0.15) is 72.0 Å². The van der Waals surface area contributed by atoms with E-state index in [4.69, 9.17) is 5.73 Å².